The molecule has 2 aromatic heterocycles. The lowest BCUT2D eigenvalue weighted by atomic mass is 10.1. The van der Waals surface area contributed by atoms with E-state index in [0.29, 0.717) is 40.4 Å². The van der Waals surface area contributed by atoms with Crippen LogP contribution in [0.3, 0.4) is 0 Å². The highest BCUT2D eigenvalue weighted by Gasteiger charge is 2.24. The first-order valence-corrected chi connectivity index (χ1v) is 14.0. The van der Waals surface area contributed by atoms with E-state index in [1.165, 1.54) is 0 Å². The van der Waals surface area contributed by atoms with E-state index in [1.807, 2.05) is 11.0 Å². The van der Waals surface area contributed by atoms with Crippen molar-refractivity contribution in [1.82, 2.24) is 14.9 Å². The van der Waals surface area contributed by atoms with E-state index in [1.54, 1.807) is 28.8 Å². The minimum absolute atomic E-state index is 0.0224. The van der Waals surface area contributed by atoms with E-state index in [-0.39, 0.29) is 35.3 Å². The number of carbonyl (C=O) groups excluding carboxylic acids is 1. The van der Waals surface area contributed by atoms with Gasteiger partial charge in [0.2, 0.25) is 5.95 Å². The summed E-state index contributed by atoms with van der Waals surface area (Å²) < 4.78 is 24.5. The van der Waals surface area contributed by atoms with Crippen LogP contribution in [0, 0.1) is 11.3 Å². The van der Waals surface area contributed by atoms with Gasteiger partial charge in [-0.2, -0.15) is 5.26 Å². The van der Waals surface area contributed by atoms with Crippen molar-refractivity contribution in [1.29, 1.82) is 5.26 Å². The molecule has 0 saturated carbocycles. The molecule has 3 N–H and O–H groups in total. The number of carbonyl (C=O) groups is 1. The van der Waals surface area contributed by atoms with Crippen LogP contribution in [0.4, 0.5) is 5.95 Å². The number of rotatable bonds is 7. The lowest BCUT2D eigenvalue weighted by molar-refractivity contribution is 0.0960. The van der Waals surface area contributed by atoms with Crippen molar-refractivity contribution in [2.75, 3.05) is 36.5 Å². The highest BCUT2D eigenvalue weighted by Crippen LogP contribution is 2.26. The topological polar surface area (TPSA) is 151 Å². The number of amides is 1. The second-order valence-electron chi connectivity index (χ2n) is 8.63. The maximum atomic E-state index is 13.6. The number of nitriles is 1. The zero-order valence-electron chi connectivity index (χ0n) is 19.2. The van der Waals surface area contributed by atoms with Crippen LogP contribution in [0.1, 0.15) is 33.6 Å². The van der Waals surface area contributed by atoms with Crippen molar-refractivity contribution in [2.24, 2.45) is 5.73 Å². The Hall–Kier alpha value is -3.27. The molecule has 184 valence electrons. The second kappa shape index (κ2) is 10.2. The van der Waals surface area contributed by atoms with E-state index in [2.05, 4.69) is 11.4 Å². The zero-order chi connectivity index (χ0) is 25.2. The number of hydrogen-bond donors (Lipinski definition) is 2. The summed E-state index contributed by atoms with van der Waals surface area (Å²) in [6, 6.07) is 10.8. The molecule has 1 amide bonds. The van der Waals surface area contributed by atoms with Crippen molar-refractivity contribution < 1.29 is 13.2 Å². The van der Waals surface area contributed by atoms with Crippen molar-refractivity contribution >= 4 is 43.2 Å². The smallest absolute Gasteiger partial charge is 0.273 e. The average Bonchev–Trinajstić information content (AvgIpc) is 3.25. The number of nitrogens with zero attached hydrogens (tertiary/aromatic N) is 4. The monoisotopic (exact) mass is 514 g/mol. The predicted octanol–water partition coefficient (Wildman–Crippen LogP) is 1.08. The number of anilines is 1. The summed E-state index contributed by atoms with van der Waals surface area (Å²) in [5.41, 5.74) is 7.44. The van der Waals surface area contributed by atoms with Gasteiger partial charge in [0.15, 0.2) is 0 Å². The number of nitrogens with one attached hydrogen (secondary N) is 1. The molecule has 4 rings (SSSR count). The number of sulfone groups is 1. The summed E-state index contributed by atoms with van der Waals surface area (Å²) in [4.78, 5) is 33.3. The molecule has 35 heavy (non-hydrogen) atoms. The molecule has 10 nitrogen and oxygen atoms in total. The zero-order valence-corrected chi connectivity index (χ0v) is 20.9. The number of hydrogen-bond acceptors (Lipinski definition) is 9. The highest BCUT2D eigenvalue weighted by atomic mass is 32.2. The van der Waals surface area contributed by atoms with Crippen molar-refractivity contribution in [3.8, 4) is 6.07 Å². The van der Waals surface area contributed by atoms with Gasteiger partial charge in [0, 0.05) is 31.9 Å². The van der Waals surface area contributed by atoms with E-state index in [0.717, 1.165) is 30.4 Å². The first kappa shape index (κ1) is 24.8. The quantitative estimate of drug-likeness (QED) is 0.475. The van der Waals surface area contributed by atoms with E-state index >= 15 is 0 Å². The largest absolute Gasteiger partial charge is 0.350 e. The lowest BCUT2D eigenvalue weighted by Gasteiger charge is -2.33. The first-order chi connectivity index (χ1) is 16.7. The Bertz CT molecular complexity index is 1470. The third-order valence-electron chi connectivity index (χ3n) is 5.80. The molecular formula is C23H26N6O4S2. The molecule has 12 heteroatoms. The first-order valence-electron chi connectivity index (χ1n) is 11.1. The molecule has 1 unspecified atom stereocenters. The summed E-state index contributed by atoms with van der Waals surface area (Å²) in [6.07, 6.45) is 2.85. The Kier molecular flexibility index (Phi) is 7.20. The molecule has 1 aliphatic rings. The van der Waals surface area contributed by atoms with Gasteiger partial charge in [-0.05, 0) is 30.5 Å². The van der Waals surface area contributed by atoms with Gasteiger partial charge < -0.3 is 16.0 Å². The Labute approximate surface area is 206 Å². The number of aromatic nitrogens is 2. The molecule has 1 fully saturated rings. The molecule has 0 aliphatic carbocycles. The van der Waals surface area contributed by atoms with Gasteiger partial charge >= 0.3 is 0 Å². The van der Waals surface area contributed by atoms with Crippen molar-refractivity contribution in [3.63, 3.8) is 0 Å². The Balaban J connectivity index is 1.76. The number of fused-ring (bicyclic) bond motifs is 1. The molecule has 3 heterocycles. The fourth-order valence-electron chi connectivity index (χ4n) is 4.06. The van der Waals surface area contributed by atoms with Gasteiger partial charge in [0.05, 0.1) is 34.3 Å². The third-order valence-corrected chi connectivity index (χ3v) is 7.86. The van der Waals surface area contributed by atoms with Crippen LogP contribution in [0.25, 0.3) is 10.2 Å². The molecular weight excluding hydrogens is 488 g/mol. The van der Waals surface area contributed by atoms with Gasteiger partial charge in [-0.1, -0.05) is 18.2 Å². The maximum absolute atomic E-state index is 13.6. The van der Waals surface area contributed by atoms with Crippen LogP contribution in [-0.2, 0) is 16.4 Å². The molecule has 1 aromatic carbocycles. The summed E-state index contributed by atoms with van der Waals surface area (Å²) in [7, 11) is -3.21. The maximum Gasteiger partial charge on any atom is 0.273 e. The lowest BCUT2D eigenvalue weighted by Crippen LogP contribution is -2.45. The molecule has 0 spiro atoms. The molecule has 3 aromatic rings. The van der Waals surface area contributed by atoms with Gasteiger partial charge in [0.1, 0.15) is 14.5 Å². The van der Waals surface area contributed by atoms with Crippen LogP contribution < -0.4 is 21.5 Å². The highest BCUT2D eigenvalue weighted by molar-refractivity contribution is 7.90. The summed E-state index contributed by atoms with van der Waals surface area (Å²) in [5, 5.41) is 12.1. The average molecular weight is 515 g/mol. The third kappa shape index (κ3) is 5.70. The van der Waals surface area contributed by atoms with Gasteiger partial charge in [-0.3, -0.25) is 14.2 Å². The number of nitrogens with two attached hydrogens (primary N) is 1. The Morgan fingerprint density at radius 1 is 1.37 bits per heavy atom. The fraction of sp³-hybridized carbons (Fsp3) is 0.391. The van der Waals surface area contributed by atoms with Crippen LogP contribution in [0.5, 0.6) is 0 Å². The number of piperidine rings is 1. The SMILES string of the molecule is CS(=O)(=O)CCNC(=O)c1cc2nc(N3CCCC(N)C3)n(Cc3ccccc3C#N)c(=O)c2s1. The predicted molar refractivity (Wildman–Crippen MR) is 136 cm³/mol. The van der Waals surface area contributed by atoms with E-state index < -0.39 is 15.7 Å². The molecule has 1 atom stereocenters. The molecule has 1 aliphatic heterocycles. The van der Waals surface area contributed by atoms with Crippen LogP contribution in [0.2, 0.25) is 0 Å². The summed E-state index contributed by atoms with van der Waals surface area (Å²) >= 11 is 1.01. The van der Waals surface area contributed by atoms with Crippen LogP contribution in [0.15, 0.2) is 35.1 Å². The molecule has 1 saturated heterocycles. The standard InChI is InChI=1S/C23H26N6O4S2/c1-35(32,33)10-8-26-21(30)19-11-18-20(34-19)22(31)29(13-16-6-3-2-5-15(16)12-24)23(27-18)28-9-4-7-17(25)14-28/h2-3,5-6,11,17H,4,7-10,13-14,25H2,1H3,(H,26,30). The molecule has 0 radical (unpaired) electrons. The molecule has 0 bridgehead atoms. The van der Waals surface area contributed by atoms with Gasteiger partial charge in [-0.15, -0.1) is 11.3 Å². The summed E-state index contributed by atoms with van der Waals surface area (Å²) in [6.45, 7) is 1.36. The number of thiophene rings is 1. The normalized spacial score (nSPS) is 16.3. The van der Waals surface area contributed by atoms with Crippen molar-refractivity contribution in [2.45, 2.75) is 25.4 Å². The van der Waals surface area contributed by atoms with Crippen LogP contribution in [-0.4, -0.2) is 61.6 Å². The summed E-state index contributed by atoms with van der Waals surface area (Å²) in [5.74, 6) is -0.182. The minimum atomic E-state index is -3.21. The Morgan fingerprint density at radius 3 is 2.86 bits per heavy atom. The van der Waals surface area contributed by atoms with Gasteiger partial charge in [-0.25, -0.2) is 13.4 Å². The number of benzene rings is 1. The van der Waals surface area contributed by atoms with Gasteiger partial charge in [0.25, 0.3) is 11.5 Å². The van der Waals surface area contributed by atoms with Crippen LogP contribution >= 0.6 is 11.3 Å². The fourth-order valence-corrected chi connectivity index (χ4v) is 5.50. The second-order valence-corrected chi connectivity index (χ2v) is 11.9. The minimum Gasteiger partial charge on any atom is -0.350 e. The van der Waals surface area contributed by atoms with Crippen molar-refractivity contribution in [3.05, 3.63) is 56.7 Å². The van der Waals surface area contributed by atoms with E-state index in [9.17, 15) is 23.3 Å². The Morgan fingerprint density at radius 2 is 2.14 bits per heavy atom. The van der Waals surface area contributed by atoms with E-state index in [4.69, 9.17) is 10.7 Å².